The van der Waals surface area contributed by atoms with Crippen LogP contribution in [-0.4, -0.2) is 85.3 Å². The average molecular weight is 1400 g/mol. The van der Waals surface area contributed by atoms with E-state index in [9.17, 15) is 29.4 Å². The van der Waals surface area contributed by atoms with Crippen LogP contribution in [0, 0.1) is 0 Å². The first-order valence-corrected chi connectivity index (χ1v) is 37.0. The van der Waals surface area contributed by atoms with E-state index in [-0.39, 0.29) is 70.7 Å². The van der Waals surface area contributed by atoms with Gasteiger partial charge in [0.2, 0.25) is 11.8 Å². The highest BCUT2D eigenvalue weighted by molar-refractivity contribution is 6.03. The molecule has 0 saturated carbocycles. The molecule has 2 atom stereocenters. The molecule has 0 heterocycles. The highest BCUT2D eigenvalue weighted by Crippen LogP contribution is 2.44. The zero-order chi connectivity index (χ0) is 74.4. The number of hydrogen-bond donors (Lipinski definition) is 8. The summed E-state index contributed by atoms with van der Waals surface area (Å²) in [6.45, 7) is 31.8. The summed E-state index contributed by atoms with van der Waals surface area (Å²) in [6, 6.07) is 53.1. The lowest BCUT2D eigenvalue weighted by molar-refractivity contribution is -0.129. The number of rotatable bonds is 22. The summed E-state index contributed by atoms with van der Waals surface area (Å²) < 4.78 is 13.6. The first-order valence-electron chi connectivity index (χ1n) is 37.0. The number of carbonyl (C=O) groups is 4. The lowest BCUT2D eigenvalue weighted by atomic mass is 9.79. The minimum absolute atomic E-state index is 0.0868. The Balaban J connectivity index is 0.833. The molecule has 10 aromatic rings. The minimum Gasteiger partial charge on any atom is -0.507 e. The molecule has 8 bridgehead atoms. The Morgan fingerprint density at radius 3 is 0.904 bits per heavy atom. The van der Waals surface area contributed by atoms with Crippen molar-refractivity contribution in [2.24, 2.45) is 0 Å². The molecule has 10 aromatic carbocycles. The van der Waals surface area contributed by atoms with Crippen LogP contribution in [-0.2, 0) is 79.6 Å². The van der Waals surface area contributed by atoms with Crippen molar-refractivity contribution in [3.05, 3.63) is 236 Å². The van der Waals surface area contributed by atoms with Gasteiger partial charge in [0.15, 0.2) is 13.2 Å². The number of hydrogen-bond acceptors (Lipinski definition) is 10. The van der Waals surface area contributed by atoms with Crippen LogP contribution in [0.1, 0.15) is 188 Å². The first kappa shape index (κ1) is 75.4. The first-order chi connectivity index (χ1) is 49.4. The van der Waals surface area contributed by atoms with E-state index in [2.05, 4.69) is 273 Å². The highest BCUT2D eigenvalue weighted by Gasteiger charge is 2.30. The van der Waals surface area contributed by atoms with Crippen molar-refractivity contribution >= 4 is 66.7 Å². The molecule has 104 heavy (non-hydrogen) atoms. The van der Waals surface area contributed by atoms with Gasteiger partial charge in [-0.3, -0.25) is 19.2 Å². The molecule has 11 rings (SSSR count). The number of benzene rings is 10. The van der Waals surface area contributed by atoms with Crippen LogP contribution in [0.5, 0.6) is 23.0 Å². The van der Waals surface area contributed by atoms with Crippen LogP contribution in [0.25, 0.3) is 43.1 Å². The molecular weight excluding hydrogens is 1290 g/mol. The van der Waals surface area contributed by atoms with Gasteiger partial charge in [-0.15, -0.1) is 0 Å². The summed E-state index contributed by atoms with van der Waals surface area (Å²) >= 11 is 0. The van der Waals surface area contributed by atoms with E-state index in [0.717, 1.165) is 44.5 Å². The van der Waals surface area contributed by atoms with Gasteiger partial charge in [0.25, 0.3) is 11.8 Å². The van der Waals surface area contributed by atoms with Crippen LogP contribution >= 0.6 is 0 Å². The van der Waals surface area contributed by atoms with E-state index in [1.54, 1.807) is 13.8 Å². The van der Waals surface area contributed by atoms with Crippen molar-refractivity contribution in [3.8, 4) is 23.0 Å². The Morgan fingerprint density at radius 1 is 0.375 bits per heavy atom. The van der Waals surface area contributed by atoms with Crippen molar-refractivity contribution in [3.63, 3.8) is 0 Å². The number of carbonyl (C=O) groups excluding carboxylic acids is 4. The predicted octanol–water partition coefficient (Wildman–Crippen LogP) is 15.9. The molecule has 0 spiro atoms. The third-order valence-corrected chi connectivity index (χ3v) is 20.3. The average Bonchev–Trinajstić information content (AvgIpc) is 0.782. The largest absolute Gasteiger partial charge is 0.507 e. The standard InChI is InChI=1S/C90H106N6O8/c1-55(85(101)93-35-23-33-91-51-77-73-29-19-15-25-57(73)37-58-26-16-20-30-74(58)77)95-79(97)53-103-83-65-39-61-43-69(87(3,4)5)45-63(81(61)99)41-67-49-72(90(12,13)14)50-68(42-64-46-70(88(6,7)8)44-62(82(64)100)40-66(83)48-71(47-65)89(9,10)11)84(67)104-54-80(98)96-56(2)86(102)94-36-24-34-92-52-78-75-31-21-17-27-59(75)38-60-28-18-22-32-76(60)78/h15-22,25-32,37-38,43-50,55-56,91-92,99-100H,23-24,33-36,39-42,51-54H2,1-14H3,(H,93,101)(H,94,102)(H,95,97)(H,96,98)/t55-,56-/m0/s1. The van der Waals surface area contributed by atoms with E-state index in [4.69, 9.17) is 9.47 Å². The van der Waals surface area contributed by atoms with Gasteiger partial charge in [0, 0.05) is 51.9 Å². The molecule has 544 valence electrons. The summed E-state index contributed by atoms with van der Waals surface area (Å²) in [5.41, 5.74) is 10.4. The smallest absolute Gasteiger partial charge is 0.258 e. The summed E-state index contributed by atoms with van der Waals surface area (Å²) in [5.74, 6) is -0.535. The molecule has 0 unspecified atom stereocenters. The summed E-state index contributed by atoms with van der Waals surface area (Å²) in [4.78, 5) is 55.6. The molecule has 0 radical (unpaired) electrons. The minimum atomic E-state index is -0.864. The number of aromatic hydroxyl groups is 2. The Morgan fingerprint density at radius 2 is 0.635 bits per heavy atom. The van der Waals surface area contributed by atoms with E-state index in [1.165, 1.54) is 54.2 Å². The van der Waals surface area contributed by atoms with E-state index in [1.807, 2.05) is 0 Å². The molecule has 4 amide bonds. The van der Waals surface area contributed by atoms with Gasteiger partial charge in [-0.25, -0.2) is 0 Å². The molecule has 14 nitrogen and oxygen atoms in total. The second-order valence-corrected chi connectivity index (χ2v) is 32.6. The van der Waals surface area contributed by atoms with Gasteiger partial charge in [0.05, 0.1) is 0 Å². The number of ether oxygens (including phenoxy) is 2. The number of nitrogens with one attached hydrogen (secondary N) is 6. The molecular formula is C90H106N6O8. The van der Waals surface area contributed by atoms with Crippen LogP contribution in [0.2, 0.25) is 0 Å². The topological polar surface area (TPSA) is 199 Å². The van der Waals surface area contributed by atoms with Crippen molar-refractivity contribution < 1.29 is 38.9 Å². The third kappa shape index (κ3) is 18.1. The zero-order valence-corrected chi connectivity index (χ0v) is 63.4. The Kier molecular flexibility index (Phi) is 23.0. The van der Waals surface area contributed by atoms with Gasteiger partial charge in [-0.05, 0) is 195 Å². The second kappa shape index (κ2) is 31.7. The van der Waals surface area contributed by atoms with Gasteiger partial charge in [0.1, 0.15) is 35.1 Å². The molecule has 0 aromatic heterocycles. The van der Waals surface area contributed by atoms with Crippen LogP contribution in [0.3, 0.4) is 0 Å². The number of phenols is 2. The van der Waals surface area contributed by atoms with Crippen molar-refractivity contribution in [1.29, 1.82) is 0 Å². The molecule has 14 heteroatoms. The van der Waals surface area contributed by atoms with E-state index in [0.29, 0.717) is 85.9 Å². The highest BCUT2D eigenvalue weighted by atomic mass is 16.5. The van der Waals surface area contributed by atoms with Crippen molar-refractivity contribution in [2.45, 2.75) is 182 Å². The lowest BCUT2D eigenvalue weighted by Gasteiger charge is -2.28. The fourth-order valence-corrected chi connectivity index (χ4v) is 14.2. The van der Waals surface area contributed by atoms with Crippen LogP contribution < -0.4 is 41.4 Å². The summed E-state index contributed by atoms with van der Waals surface area (Å²) in [6.07, 6.45) is 2.15. The van der Waals surface area contributed by atoms with E-state index < -0.39 is 37.1 Å². The maximum absolute atomic E-state index is 14.2. The molecule has 0 aliphatic heterocycles. The number of amides is 4. The zero-order valence-electron chi connectivity index (χ0n) is 63.4. The van der Waals surface area contributed by atoms with Gasteiger partial charge in [-0.1, -0.05) is 229 Å². The predicted molar refractivity (Wildman–Crippen MR) is 423 cm³/mol. The maximum atomic E-state index is 14.2. The Labute approximate surface area is 614 Å². The molecule has 1 aliphatic carbocycles. The lowest BCUT2D eigenvalue weighted by Crippen LogP contribution is -2.46. The number of phenolic OH excluding ortho intramolecular Hbond substituents is 2. The maximum Gasteiger partial charge on any atom is 0.258 e. The van der Waals surface area contributed by atoms with Crippen LogP contribution in [0.4, 0.5) is 0 Å². The summed E-state index contributed by atoms with van der Waals surface area (Å²) in [7, 11) is 0. The van der Waals surface area contributed by atoms with Crippen LogP contribution in [0.15, 0.2) is 158 Å². The Bertz CT molecular complexity index is 4340. The molecule has 0 fully saturated rings. The quantitative estimate of drug-likeness (QED) is 0.0239. The van der Waals surface area contributed by atoms with Gasteiger partial charge in [-0.2, -0.15) is 0 Å². The fourth-order valence-electron chi connectivity index (χ4n) is 14.2. The second-order valence-electron chi connectivity index (χ2n) is 32.6. The molecule has 0 saturated heterocycles. The number of fused-ring (bicyclic) bond motifs is 12. The third-order valence-electron chi connectivity index (χ3n) is 20.3. The summed E-state index contributed by atoms with van der Waals surface area (Å²) in [5, 5.41) is 54.5. The van der Waals surface area contributed by atoms with E-state index >= 15 is 0 Å². The van der Waals surface area contributed by atoms with Crippen molar-refractivity contribution in [1.82, 2.24) is 31.9 Å². The molecule has 8 N–H and O–H groups in total. The Hall–Kier alpha value is -9.76. The van der Waals surface area contributed by atoms with Crippen molar-refractivity contribution in [2.75, 3.05) is 39.4 Å². The SMILES string of the molecule is C[C@H](NC(=O)COc1c2cc(C(C)(C)C)cc1Cc1cc(C(C)(C)C)cc(c1O)Cc1cc(C(C)(C)C)cc(c1OCC(=O)N[C@@H](C)C(=O)NCCCNCc1c3ccccc3cc3ccccc13)Cc1cc(C(C)(C)C)cc(c1O)C2)C(=O)NCCCNCc1c2ccccc2cc2ccccc12. The normalized spacial score (nSPS) is 13.4. The monoisotopic (exact) mass is 1400 g/mol. The van der Waals surface area contributed by atoms with Gasteiger partial charge < -0.3 is 51.6 Å². The molecule has 1 aliphatic rings. The van der Waals surface area contributed by atoms with Gasteiger partial charge >= 0.3 is 0 Å². The fraction of sp³-hybridized carbons (Fsp3) is 0.378.